The summed E-state index contributed by atoms with van der Waals surface area (Å²) in [5, 5.41) is 3.00. The molecule has 6 heteroatoms. The molecule has 0 aliphatic carbocycles. The van der Waals surface area contributed by atoms with E-state index in [9.17, 15) is 13.2 Å². The first-order valence-corrected chi connectivity index (χ1v) is 9.35. The van der Waals surface area contributed by atoms with Crippen LogP contribution in [0.25, 0.3) is 0 Å². The second-order valence-electron chi connectivity index (χ2n) is 6.33. The van der Waals surface area contributed by atoms with Crippen LogP contribution >= 0.6 is 0 Å². The Kier molecular flexibility index (Phi) is 4.92. The molecule has 1 N–H and O–H groups in total. The van der Waals surface area contributed by atoms with Gasteiger partial charge in [0.05, 0.1) is 6.26 Å². The highest BCUT2D eigenvalue weighted by atomic mass is 32.2. The van der Waals surface area contributed by atoms with Crippen molar-refractivity contribution in [2.45, 2.75) is 33.2 Å². The molecule has 1 amide bonds. The Labute approximate surface area is 132 Å². The van der Waals surface area contributed by atoms with E-state index in [-0.39, 0.29) is 5.91 Å². The predicted molar refractivity (Wildman–Crippen MR) is 86.8 cm³/mol. The number of piperidine rings is 1. The molecule has 0 unspecified atom stereocenters. The molecule has 0 bridgehead atoms. The fourth-order valence-electron chi connectivity index (χ4n) is 2.74. The molecule has 1 saturated heterocycles. The van der Waals surface area contributed by atoms with Crippen molar-refractivity contribution in [1.29, 1.82) is 0 Å². The van der Waals surface area contributed by atoms with Gasteiger partial charge < -0.3 is 5.32 Å². The van der Waals surface area contributed by atoms with Crippen LogP contribution in [0.2, 0.25) is 0 Å². The van der Waals surface area contributed by atoms with Crippen molar-refractivity contribution in [2.24, 2.45) is 5.41 Å². The summed E-state index contributed by atoms with van der Waals surface area (Å²) < 4.78 is 24.5. The topological polar surface area (TPSA) is 66.5 Å². The van der Waals surface area contributed by atoms with Gasteiger partial charge in [0.15, 0.2) is 0 Å². The lowest BCUT2D eigenvalue weighted by Gasteiger charge is -2.37. The lowest BCUT2D eigenvalue weighted by atomic mass is 9.80. The van der Waals surface area contributed by atoms with Gasteiger partial charge in [0.25, 0.3) is 0 Å². The summed E-state index contributed by atoms with van der Waals surface area (Å²) in [5.74, 6) is 0.00361. The van der Waals surface area contributed by atoms with Gasteiger partial charge in [-0.3, -0.25) is 4.79 Å². The molecule has 2 rings (SSSR count). The number of carbonyl (C=O) groups is 1. The number of hydrogen-bond acceptors (Lipinski definition) is 3. The maximum absolute atomic E-state index is 12.5. The number of carbonyl (C=O) groups excluding carboxylic acids is 1. The van der Waals surface area contributed by atoms with E-state index in [1.807, 2.05) is 38.1 Å². The van der Waals surface area contributed by atoms with Crippen molar-refractivity contribution < 1.29 is 13.2 Å². The monoisotopic (exact) mass is 324 g/mol. The maximum atomic E-state index is 12.5. The lowest BCUT2D eigenvalue weighted by molar-refractivity contribution is -0.132. The number of rotatable bonds is 4. The Morgan fingerprint density at radius 1 is 1.27 bits per heavy atom. The number of aryl methyl sites for hydroxylation is 1. The van der Waals surface area contributed by atoms with Crippen LogP contribution in [0.1, 0.15) is 30.9 Å². The van der Waals surface area contributed by atoms with Gasteiger partial charge >= 0.3 is 0 Å². The van der Waals surface area contributed by atoms with Crippen LogP contribution in [0.4, 0.5) is 0 Å². The van der Waals surface area contributed by atoms with Gasteiger partial charge in [-0.05, 0) is 30.9 Å². The molecule has 5 nitrogen and oxygen atoms in total. The molecule has 1 fully saturated rings. The minimum absolute atomic E-state index is 0.00361. The average Bonchev–Trinajstić information content (AvgIpc) is 2.45. The molecule has 0 atom stereocenters. The van der Waals surface area contributed by atoms with E-state index < -0.39 is 15.4 Å². The zero-order valence-corrected chi connectivity index (χ0v) is 14.2. The third kappa shape index (κ3) is 3.87. The molecule has 1 aromatic carbocycles. The zero-order chi connectivity index (χ0) is 16.4. The molecule has 0 aromatic heterocycles. The van der Waals surface area contributed by atoms with Gasteiger partial charge in [0, 0.05) is 25.0 Å². The first kappa shape index (κ1) is 17.0. The summed E-state index contributed by atoms with van der Waals surface area (Å²) in [6.45, 7) is 5.27. The van der Waals surface area contributed by atoms with Crippen LogP contribution in [0, 0.1) is 12.3 Å². The van der Waals surface area contributed by atoms with Crippen molar-refractivity contribution in [3.8, 4) is 0 Å². The second-order valence-corrected chi connectivity index (χ2v) is 8.31. The predicted octanol–water partition coefficient (Wildman–Crippen LogP) is 1.67. The molecule has 122 valence electrons. The molecule has 22 heavy (non-hydrogen) atoms. The molecule has 0 saturated carbocycles. The summed E-state index contributed by atoms with van der Waals surface area (Å²) >= 11 is 0. The summed E-state index contributed by atoms with van der Waals surface area (Å²) in [6, 6.07) is 7.96. The molecule has 1 heterocycles. The minimum Gasteiger partial charge on any atom is -0.352 e. The van der Waals surface area contributed by atoms with Gasteiger partial charge in [-0.1, -0.05) is 31.2 Å². The van der Waals surface area contributed by atoms with E-state index in [4.69, 9.17) is 0 Å². The normalized spacial score (nSPS) is 18.9. The molecule has 0 radical (unpaired) electrons. The summed E-state index contributed by atoms with van der Waals surface area (Å²) in [7, 11) is -3.16. The highest BCUT2D eigenvalue weighted by molar-refractivity contribution is 7.88. The Morgan fingerprint density at radius 3 is 2.41 bits per heavy atom. The standard InChI is InChI=1S/C16H24N2O3S/c1-13-6-4-5-7-14(13)12-17-15(19)16(2)8-10-18(11-9-16)22(3,20)21/h4-7H,8-12H2,1-3H3,(H,17,19). The number of sulfonamides is 1. The third-order valence-electron chi connectivity index (χ3n) is 4.54. The highest BCUT2D eigenvalue weighted by Crippen LogP contribution is 2.32. The van der Waals surface area contributed by atoms with Crippen molar-refractivity contribution in [2.75, 3.05) is 19.3 Å². The fraction of sp³-hybridized carbons (Fsp3) is 0.562. The van der Waals surface area contributed by atoms with Gasteiger partial charge in [0.1, 0.15) is 0 Å². The number of nitrogens with zero attached hydrogens (tertiary/aromatic N) is 1. The van der Waals surface area contributed by atoms with Gasteiger partial charge in [0.2, 0.25) is 15.9 Å². The molecule has 1 aliphatic heterocycles. The Morgan fingerprint density at radius 2 is 1.86 bits per heavy atom. The van der Waals surface area contributed by atoms with Crippen LogP contribution in [-0.2, 0) is 21.4 Å². The Bertz CT molecular complexity index is 647. The average molecular weight is 324 g/mol. The van der Waals surface area contributed by atoms with Crippen LogP contribution in [0.5, 0.6) is 0 Å². The van der Waals surface area contributed by atoms with E-state index in [0.717, 1.165) is 11.1 Å². The Balaban J connectivity index is 1.94. The van der Waals surface area contributed by atoms with Crippen LogP contribution in [-0.4, -0.2) is 38.0 Å². The van der Waals surface area contributed by atoms with Crippen molar-refractivity contribution in [3.63, 3.8) is 0 Å². The molecule has 0 spiro atoms. The Hall–Kier alpha value is -1.40. The SMILES string of the molecule is Cc1ccccc1CNC(=O)C1(C)CCN(S(C)(=O)=O)CC1. The van der Waals surface area contributed by atoms with Crippen LogP contribution < -0.4 is 5.32 Å². The van der Waals surface area contributed by atoms with E-state index in [2.05, 4.69) is 5.32 Å². The highest BCUT2D eigenvalue weighted by Gasteiger charge is 2.38. The van der Waals surface area contributed by atoms with Crippen LogP contribution in [0.15, 0.2) is 24.3 Å². The smallest absolute Gasteiger partial charge is 0.226 e. The first-order valence-electron chi connectivity index (χ1n) is 7.50. The van der Waals surface area contributed by atoms with Crippen LogP contribution in [0.3, 0.4) is 0 Å². The number of nitrogens with one attached hydrogen (secondary N) is 1. The molecular formula is C16H24N2O3S. The van der Waals surface area contributed by atoms with Gasteiger partial charge in [-0.15, -0.1) is 0 Å². The molecule has 1 aromatic rings. The third-order valence-corrected chi connectivity index (χ3v) is 5.85. The lowest BCUT2D eigenvalue weighted by Crippen LogP contribution is -2.48. The minimum atomic E-state index is -3.16. The fourth-order valence-corrected chi connectivity index (χ4v) is 3.58. The summed E-state index contributed by atoms with van der Waals surface area (Å²) in [5.41, 5.74) is 1.76. The van der Waals surface area contributed by atoms with Crippen molar-refractivity contribution in [1.82, 2.24) is 9.62 Å². The van der Waals surface area contributed by atoms with E-state index in [0.29, 0.717) is 32.5 Å². The van der Waals surface area contributed by atoms with Crippen molar-refractivity contribution in [3.05, 3.63) is 35.4 Å². The number of amides is 1. The van der Waals surface area contributed by atoms with Gasteiger partial charge in [-0.25, -0.2) is 12.7 Å². The van der Waals surface area contributed by atoms with E-state index in [1.54, 1.807) is 0 Å². The van der Waals surface area contributed by atoms with Crippen molar-refractivity contribution >= 4 is 15.9 Å². The second kappa shape index (κ2) is 6.38. The van der Waals surface area contributed by atoms with E-state index in [1.165, 1.54) is 10.6 Å². The summed E-state index contributed by atoms with van der Waals surface area (Å²) in [4.78, 5) is 12.5. The quantitative estimate of drug-likeness (QED) is 0.916. The zero-order valence-electron chi connectivity index (χ0n) is 13.4. The largest absolute Gasteiger partial charge is 0.352 e. The van der Waals surface area contributed by atoms with E-state index >= 15 is 0 Å². The molecular weight excluding hydrogens is 300 g/mol. The maximum Gasteiger partial charge on any atom is 0.226 e. The molecule has 1 aliphatic rings. The van der Waals surface area contributed by atoms with Gasteiger partial charge in [-0.2, -0.15) is 0 Å². The summed E-state index contributed by atoms with van der Waals surface area (Å²) in [6.07, 6.45) is 2.33. The number of benzene rings is 1. The first-order chi connectivity index (χ1) is 10.2. The number of hydrogen-bond donors (Lipinski definition) is 1.